The SMILES string of the molecule is COc1c(O)cc2oc(-c3ccc(OC(=O)N(C(C)C)C(C)C)cc3)cc(=O)c2c1O. The van der Waals surface area contributed by atoms with Crippen LogP contribution in [-0.4, -0.2) is 40.4 Å². The maximum Gasteiger partial charge on any atom is 0.415 e. The molecule has 2 N–H and O–H groups in total. The summed E-state index contributed by atoms with van der Waals surface area (Å²) in [6.45, 7) is 7.66. The van der Waals surface area contributed by atoms with Crippen molar-refractivity contribution in [2.45, 2.75) is 39.8 Å². The van der Waals surface area contributed by atoms with E-state index in [1.165, 1.54) is 19.2 Å². The first-order valence-corrected chi connectivity index (χ1v) is 9.81. The van der Waals surface area contributed by atoms with Crippen LogP contribution < -0.4 is 14.9 Å². The van der Waals surface area contributed by atoms with Gasteiger partial charge in [-0.1, -0.05) is 0 Å². The van der Waals surface area contributed by atoms with Gasteiger partial charge in [0.2, 0.25) is 5.75 Å². The highest BCUT2D eigenvalue weighted by Gasteiger charge is 2.22. The number of phenols is 2. The fraction of sp³-hybridized carbons (Fsp3) is 0.304. The Hall–Kier alpha value is -3.68. The Kier molecular flexibility index (Phi) is 6.10. The van der Waals surface area contributed by atoms with Crippen molar-refractivity contribution in [2.24, 2.45) is 0 Å². The molecular weight excluding hydrogens is 402 g/mol. The van der Waals surface area contributed by atoms with E-state index in [-0.39, 0.29) is 40.3 Å². The normalized spacial score (nSPS) is 11.2. The van der Waals surface area contributed by atoms with Crippen LogP contribution in [0, 0.1) is 0 Å². The van der Waals surface area contributed by atoms with Crippen LogP contribution in [0.5, 0.6) is 23.0 Å². The molecule has 0 saturated carbocycles. The summed E-state index contributed by atoms with van der Waals surface area (Å²) in [6.07, 6.45) is -0.449. The number of amides is 1. The number of hydrogen-bond donors (Lipinski definition) is 2. The number of carbonyl (C=O) groups is 1. The lowest BCUT2D eigenvalue weighted by molar-refractivity contribution is 0.122. The second-order valence-electron chi connectivity index (χ2n) is 7.61. The number of methoxy groups -OCH3 is 1. The number of aromatic hydroxyl groups is 2. The molecule has 0 aliphatic rings. The molecule has 0 fully saturated rings. The van der Waals surface area contributed by atoms with Gasteiger partial charge in [0.1, 0.15) is 22.5 Å². The zero-order valence-corrected chi connectivity index (χ0v) is 18.0. The summed E-state index contributed by atoms with van der Waals surface area (Å²) in [5.74, 6) is -0.459. The highest BCUT2D eigenvalue weighted by Crippen LogP contribution is 2.41. The molecule has 2 aromatic carbocycles. The molecule has 31 heavy (non-hydrogen) atoms. The Balaban J connectivity index is 1.92. The Morgan fingerprint density at radius 1 is 1.03 bits per heavy atom. The number of hydrogen-bond acceptors (Lipinski definition) is 7. The lowest BCUT2D eigenvalue weighted by Gasteiger charge is -2.29. The molecule has 8 heteroatoms. The minimum atomic E-state index is -0.493. The predicted octanol–water partition coefficient (Wildman–Crippen LogP) is 4.50. The van der Waals surface area contributed by atoms with E-state index in [4.69, 9.17) is 13.9 Å². The molecule has 8 nitrogen and oxygen atoms in total. The number of nitrogens with zero attached hydrogens (tertiary/aromatic N) is 1. The molecule has 0 radical (unpaired) electrons. The summed E-state index contributed by atoms with van der Waals surface area (Å²) >= 11 is 0. The summed E-state index contributed by atoms with van der Waals surface area (Å²) in [5.41, 5.74) is 0.0727. The fourth-order valence-corrected chi connectivity index (χ4v) is 3.47. The van der Waals surface area contributed by atoms with Crippen molar-refractivity contribution in [3.63, 3.8) is 0 Å². The van der Waals surface area contributed by atoms with E-state index in [1.807, 2.05) is 27.7 Å². The van der Waals surface area contributed by atoms with Crippen molar-refractivity contribution in [3.05, 3.63) is 46.6 Å². The molecule has 3 aromatic rings. The van der Waals surface area contributed by atoms with Crippen LogP contribution in [0.4, 0.5) is 4.79 Å². The van der Waals surface area contributed by atoms with Crippen molar-refractivity contribution >= 4 is 17.1 Å². The van der Waals surface area contributed by atoms with E-state index in [0.29, 0.717) is 11.3 Å². The van der Waals surface area contributed by atoms with E-state index < -0.39 is 17.3 Å². The first-order valence-electron chi connectivity index (χ1n) is 9.81. The van der Waals surface area contributed by atoms with Gasteiger partial charge in [-0.05, 0) is 52.0 Å². The molecule has 0 saturated heterocycles. The van der Waals surface area contributed by atoms with E-state index in [9.17, 15) is 19.8 Å². The molecule has 1 aromatic heterocycles. The molecule has 0 spiro atoms. The monoisotopic (exact) mass is 427 g/mol. The predicted molar refractivity (Wildman–Crippen MR) is 116 cm³/mol. The quantitative estimate of drug-likeness (QED) is 0.617. The van der Waals surface area contributed by atoms with Gasteiger partial charge in [0.25, 0.3) is 0 Å². The van der Waals surface area contributed by atoms with E-state index in [1.54, 1.807) is 29.2 Å². The molecule has 0 bridgehead atoms. The van der Waals surface area contributed by atoms with Gasteiger partial charge in [-0.2, -0.15) is 0 Å². The van der Waals surface area contributed by atoms with Gasteiger partial charge in [-0.3, -0.25) is 4.79 Å². The number of fused-ring (bicyclic) bond motifs is 1. The van der Waals surface area contributed by atoms with Crippen LogP contribution >= 0.6 is 0 Å². The van der Waals surface area contributed by atoms with Crippen LogP contribution in [0.25, 0.3) is 22.3 Å². The molecule has 0 atom stereocenters. The number of carbonyl (C=O) groups excluding carboxylic acids is 1. The molecular formula is C23H25NO7. The maximum absolute atomic E-state index is 12.6. The van der Waals surface area contributed by atoms with Gasteiger partial charge in [-0.25, -0.2) is 4.79 Å². The lowest BCUT2D eigenvalue weighted by Crippen LogP contribution is -2.43. The van der Waals surface area contributed by atoms with Crippen LogP contribution in [-0.2, 0) is 0 Å². The molecule has 1 amide bonds. The maximum atomic E-state index is 12.6. The van der Waals surface area contributed by atoms with E-state index in [0.717, 1.165) is 0 Å². The first-order chi connectivity index (χ1) is 14.6. The first kappa shape index (κ1) is 22.0. The number of benzene rings is 2. The minimum absolute atomic E-state index is 0.00916. The third-order valence-corrected chi connectivity index (χ3v) is 4.80. The van der Waals surface area contributed by atoms with Gasteiger partial charge >= 0.3 is 6.09 Å². The zero-order chi connectivity index (χ0) is 22.9. The van der Waals surface area contributed by atoms with Crippen LogP contribution in [0.3, 0.4) is 0 Å². The van der Waals surface area contributed by atoms with Crippen LogP contribution in [0.1, 0.15) is 27.7 Å². The van der Waals surface area contributed by atoms with Gasteiger partial charge in [-0.15, -0.1) is 0 Å². The average molecular weight is 427 g/mol. The highest BCUT2D eigenvalue weighted by molar-refractivity contribution is 5.89. The average Bonchev–Trinajstić information content (AvgIpc) is 2.67. The van der Waals surface area contributed by atoms with Gasteiger partial charge in [0.05, 0.1) is 7.11 Å². The van der Waals surface area contributed by atoms with Crippen molar-refractivity contribution in [2.75, 3.05) is 7.11 Å². The second kappa shape index (κ2) is 8.59. The number of ether oxygens (including phenoxy) is 2. The number of phenolic OH excluding ortho intramolecular Hbond substituents is 2. The van der Waals surface area contributed by atoms with Gasteiger partial charge in [0, 0.05) is 29.8 Å². The summed E-state index contributed by atoms with van der Waals surface area (Å²) in [6, 6.07) is 8.91. The third-order valence-electron chi connectivity index (χ3n) is 4.80. The minimum Gasteiger partial charge on any atom is -0.504 e. The Bertz CT molecular complexity index is 1160. The summed E-state index contributed by atoms with van der Waals surface area (Å²) in [4.78, 5) is 26.6. The van der Waals surface area contributed by atoms with Crippen molar-refractivity contribution in [3.8, 4) is 34.3 Å². The van der Waals surface area contributed by atoms with Crippen molar-refractivity contribution in [1.82, 2.24) is 4.90 Å². The van der Waals surface area contributed by atoms with Crippen molar-refractivity contribution < 1.29 is 28.9 Å². The molecule has 1 heterocycles. The van der Waals surface area contributed by atoms with Crippen LogP contribution in [0.2, 0.25) is 0 Å². The highest BCUT2D eigenvalue weighted by atomic mass is 16.6. The number of rotatable bonds is 5. The molecule has 3 rings (SSSR count). The molecule has 164 valence electrons. The summed E-state index contributed by atoms with van der Waals surface area (Å²) in [7, 11) is 1.27. The van der Waals surface area contributed by atoms with Gasteiger partial charge in [0.15, 0.2) is 16.9 Å². The van der Waals surface area contributed by atoms with E-state index >= 15 is 0 Å². The fourth-order valence-electron chi connectivity index (χ4n) is 3.47. The van der Waals surface area contributed by atoms with E-state index in [2.05, 4.69) is 0 Å². The van der Waals surface area contributed by atoms with Crippen molar-refractivity contribution in [1.29, 1.82) is 0 Å². The standard InChI is InChI=1S/C23H25NO7/c1-12(2)24(13(3)4)23(28)30-15-8-6-14(7-9-15)18-10-16(25)20-19(31-18)11-17(26)22(29-5)21(20)27/h6-13,26-27H,1-5H3. The van der Waals surface area contributed by atoms with Gasteiger partial charge < -0.3 is 29.0 Å². The largest absolute Gasteiger partial charge is 0.504 e. The third kappa shape index (κ3) is 4.28. The smallest absolute Gasteiger partial charge is 0.415 e. The Morgan fingerprint density at radius 3 is 2.19 bits per heavy atom. The second-order valence-corrected chi connectivity index (χ2v) is 7.61. The summed E-state index contributed by atoms with van der Waals surface area (Å²) in [5, 5.41) is 20.1. The summed E-state index contributed by atoms with van der Waals surface area (Å²) < 4.78 is 16.1. The zero-order valence-electron chi connectivity index (χ0n) is 18.0. The Morgan fingerprint density at radius 2 is 1.65 bits per heavy atom. The molecule has 0 unspecified atom stereocenters. The molecule has 0 aliphatic carbocycles. The topological polar surface area (TPSA) is 109 Å². The molecule has 0 aliphatic heterocycles. The van der Waals surface area contributed by atoms with Crippen LogP contribution in [0.15, 0.2) is 45.6 Å². The Labute approximate surface area is 179 Å². The lowest BCUT2D eigenvalue weighted by atomic mass is 10.1.